The van der Waals surface area contributed by atoms with Gasteiger partial charge in [-0.25, -0.2) is 4.57 Å². The van der Waals surface area contributed by atoms with E-state index in [1.54, 1.807) is 10.8 Å². The molecular weight excluding hydrogens is 368 g/mol. The van der Waals surface area contributed by atoms with Gasteiger partial charge in [0.05, 0.1) is 8.07 Å². The number of pyridine rings is 2. The summed E-state index contributed by atoms with van der Waals surface area (Å²) in [6.07, 6.45) is 13.4. The summed E-state index contributed by atoms with van der Waals surface area (Å²) in [6.45, 7) is 2.24. The molecule has 0 saturated carbocycles. The van der Waals surface area contributed by atoms with Crippen LogP contribution in [0.15, 0.2) is 55.0 Å². The fourth-order valence-electron chi connectivity index (χ4n) is 5.75. The molecule has 0 N–H and O–H groups in total. The fraction of sp³-hybridized carbons (Fsp3) is 0.385. The van der Waals surface area contributed by atoms with Gasteiger partial charge in [0, 0.05) is 34.8 Å². The van der Waals surface area contributed by atoms with Crippen LogP contribution in [0.1, 0.15) is 36.8 Å². The number of fused-ring (bicyclic) bond motifs is 2. The highest BCUT2D eigenvalue weighted by Gasteiger charge is 2.41. The molecule has 1 spiro atoms. The largest absolute Gasteiger partial charge is 0.264 e. The highest BCUT2D eigenvalue weighted by Crippen LogP contribution is 2.37. The minimum absolute atomic E-state index is 1.18. The highest BCUT2D eigenvalue weighted by molar-refractivity contribution is 6.92. The van der Waals surface area contributed by atoms with Crippen molar-refractivity contribution in [2.75, 3.05) is 0 Å². The molecule has 3 heteroatoms. The van der Waals surface area contributed by atoms with E-state index in [-0.39, 0.29) is 0 Å². The molecule has 148 valence electrons. The summed E-state index contributed by atoms with van der Waals surface area (Å²) in [5.41, 5.74) is 8.13. The number of hydrogen-bond acceptors (Lipinski definition) is 1. The van der Waals surface area contributed by atoms with Crippen molar-refractivity contribution in [1.29, 1.82) is 0 Å². The minimum Gasteiger partial charge on any atom is -0.264 e. The lowest BCUT2D eigenvalue weighted by atomic mass is 9.97. The maximum Gasteiger partial charge on any atom is 0.212 e. The molecule has 0 atom stereocenters. The number of aromatic nitrogens is 2. The standard InChI is InChI=1S/C26H31N2Si/c1-20-10-11-21(23-8-6-12-27-18-23)16-24(20)25-17-22-9-7-15-29(13-4-3-5-14-29)26(22)19-28(25)2/h6,8,10-12,16-19H,3-5,7,9,13-15H2,1-2H3/q+1. The van der Waals surface area contributed by atoms with Crippen molar-refractivity contribution in [3.05, 3.63) is 66.1 Å². The summed E-state index contributed by atoms with van der Waals surface area (Å²) < 4.78 is 2.42. The molecule has 1 saturated heterocycles. The van der Waals surface area contributed by atoms with Crippen LogP contribution in [0.2, 0.25) is 18.1 Å². The average molecular weight is 400 g/mol. The second-order valence-electron chi connectivity index (χ2n) is 9.17. The third kappa shape index (κ3) is 3.36. The summed E-state index contributed by atoms with van der Waals surface area (Å²) in [6, 6.07) is 18.1. The van der Waals surface area contributed by atoms with Crippen LogP contribution in [0.5, 0.6) is 0 Å². The quantitative estimate of drug-likeness (QED) is 0.420. The van der Waals surface area contributed by atoms with Crippen LogP contribution in [-0.2, 0) is 13.5 Å². The number of nitrogens with zero attached hydrogens (tertiary/aromatic N) is 2. The Labute approximate surface area is 175 Å². The summed E-state index contributed by atoms with van der Waals surface area (Å²) in [5, 5.41) is 1.79. The van der Waals surface area contributed by atoms with Crippen molar-refractivity contribution in [2.45, 2.75) is 57.2 Å². The monoisotopic (exact) mass is 399 g/mol. The zero-order valence-electron chi connectivity index (χ0n) is 17.7. The molecule has 4 heterocycles. The molecule has 0 aliphatic carbocycles. The van der Waals surface area contributed by atoms with E-state index in [1.807, 2.05) is 18.5 Å². The van der Waals surface area contributed by atoms with E-state index in [1.165, 1.54) is 78.2 Å². The molecule has 2 aliphatic heterocycles. The molecule has 0 bridgehead atoms. The van der Waals surface area contributed by atoms with Gasteiger partial charge in [-0.1, -0.05) is 62.0 Å². The van der Waals surface area contributed by atoms with Gasteiger partial charge in [0.2, 0.25) is 5.69 Å². The van der Waals surface area contributed by atoms with Crippen LogP contribution in [0.25, 0.3) is 22.4 Å². The molecule has 2 nitrogen and oxygen atoms in total. The third-order valence-corrected chi connectivity index (χ3v) is 12.9. The third-order valence-electron chi connectivity index (χ3n) is 7.35. The van der Waals surface area contributed by atoms with Crippen LogP contribution in [0.4, 0.5) is 0 Å². The molecule has 1 aromatic carbocycles. The number of rotatable bonds is 2. The topological polar surface area (TPSA) is 16.8 Å². The first-order valence-electron chi connectivity index (χ1n) is 11.2. The highest BCUT2D eigenvalue weighted by atomic mass is 28.3. The predicted octanol–water partition coefficient (Wildman–Crippen LogP) is 5.33. The number of benzene rings is 1. The number of aryl methyl sites for hydroxylation is 3. The normalized spacial score (nSPS) is 17.9. The van der Waals surface area contributed by atoms with E-state index in [0.717, 1.165) is 0 Å². The smallest absolute Gasteiger partial charge is 0.212 e. The molecule has 29 heavy (non-hydrogen) atoms. The van der Waals surface area contributed by atoms with Crippen molar-refractivity contribution in [3.8, 4) is 22.4 Å². The van der Waals surface area contributed by atoms with Gasteiger partial charge in [-0.05, 0) is 42.2 Å². The first kappa shape index (κ1) is 18.7. The maximum atomic E-state index is 4.31. The lowest BCUT2D eigenvalue weighted by molar-refractivity contribution is -0.659. The summed E-state index contributed by atoms with van der Waals surface area (Å²) in [7, 11) is 1.00. The van der Waals surface area contributed by atoms with E-state index in [2.05, 4.69) is 60.1 Å². The van der Waals surface area contributed by atoms with Gasteiger partial charge in [0.15, 0.2) is 6.20 Å². The van der Waals surface area contributed by atoms with E-state index in [0.29, 0.717) is 0 Å². The van der Waals surface area contributed by atoms with Crippen LogP contribution in [0.3, 0.4) is 0 Å². The van der Waals surface area contributed by atoms with Crippen LogP contribution in [0, 0.1) is 6.92 Å². The van der Waals surface area contributed by atoms with E-state index >= 15 is 0 Å². The van der Waals surface area contributed by atoms with Gasteiger partial charge in [0.1, 0.15) is 7.05 Å². The lowest BCUT2D eigenvalue weighted by Gasteiger charge is -2.39. The Kier molecular flexibility index (Phi) is 4.87. The average Bonchev–Trinajstić information content (AvgIpc) is 2.76. The Bertz CT molecular complexity index is 1040. The molecule has 2 aliphatic rings. The SMILES string of the molecule is Cc1ccc(-c2cccnc2)cc1-c1cc2c(c[n+]1C)[Si]1(CCCCC1)CCC2. The van der Waals surface area contributed by atoms with Crippen LogP contribution >= 0.6 is 0 Å². The molecule has 3 aromatic rings. The Morgan fingerprint density at radius 3 is 2.55 bits per heavy atom. The van der Waals surface area contributed by atoms with Crippen molar-refractivity contribution in [2.24, 2.45) is 7.05 Å². The van der Waals surface area contributed by atoms with Gasteiger partial charge in [0.25, 0.3) is 0 Å². The van der Waals surface area contributed by atoms with Gasteiger partial charge in [-0.3, -0.25) is 4.98 Å². The summed E-state index contributed by atoms with van der Waals surface area (Å²) >= 11 is 0. The zero-order valence-corrected chi connectivity index (χ0v) is 18.7. The molecule has 0 unspecified atom stereocenters. The van der Waals surface area contributed by atoms with E-state index < -0.39 is 8.07 Å². The first-order valence-corrected chi connectivity index (χ1v) is 13.8. The predicted molar refractivity (Wildman–Crippen MR) is 123 cm³/mol. The zero-order chi connectivity index (χ0) is 19.8. The second kappa shape index (κ2) is 7.53. The van der Waals surface area contributed by atoms with Crippen molar-refractivity contribution in [3.63, 3.8) is 0 Å². The van der Waals surface area contributed by atoms with Crippen LogP contribution in [-0.4, -0.2) is 13.1 Å². The van der Waals surface area contributed by atoms with Crippen molar-refractivity contribution < 1.29 is 4.57 Å². The number of hydrogen-bond donors (Lipinski definition) is 0. The Hall–Kier alpha value is -2.26. The maximum absolute atomic E-state index is 4.31. The fourth-order valence-corrected chi connectivity index (χ4v) is 11.4. The van der Waals surface area contributed by atoms with Crippen LogP contribution < -0.4 is 9.75 Å². The van der Waals surface area contributed by atoms with Crippen molar-refractivity contribution in [1.82, 2.24) is 4.98 Å². The Balaban J connectivity index is 1.61. The van der Waals surface area contributed by atoms with Gasteiger partial charge in [-0.2, -0.15) is 0 Å². The Morgan fingerprint density at radius 1 is 0.931 bits per heavy atom. The van der Waals surface area contributed by atoms with E-state index in [9.17, 15) is 0 Å². The van der Waals surface area contributed by atoms with E-state index in [4.69, 9.17) is 0 Å². The second-order valence-corrected chi connectivity index (χ2v) is 13.8. The molecular formula is C26H31N2Si+. The molecule has 0 amide bonds. The van der Waals surface area contributed by atoms with Gasteiger partial charge >= 0.3 is 0 Å². The van der Waals surface area contributed by atoms with Crippen molar-refractivity contribution >= 4 is 13.3 Å². The first-order chi connectivity index (χ1) is 14.2. The lowest BCUT2D eigenvalue weighted by Crippen LogP contribution is -2.55. The summed E-state index contributed by atoms with van der Waals surface area (Å²) in [4.78, 5) is 4.31. The Morgan fingerprint density at radius 2 is 1.76 bits per heavy atom. The molecule has 5 rings (SSSR count). The molecule has 1 fully saturated rings. The van der Waals surface area contributed by atoms with Gasteiger partial charge < -0.3 is 0 Å². The van der Waals surface area contributed by atoms with Gasteiger partial charge in [-0.15, -0.1) is 0 Å². The summed E-state index contributed by atoms with van der Waals surface area (Å²) in [5.74, 6) is 0. The minimum atomic E-state index is -1.25. The molecule has 2 aromatic heterocycles. The molecule has 0 radical (unpaired) electrons.